The van der Waals surface area contributed by atoms with Crippen LogP contribution in [-0.2, 0) is 21.4 Å². The van der Waals surface area contributed by atoms with Crippen molar-refractivity contribution in [2.45, 2.75) is 109 Å². The molecule has 1 N–H and O–H groups in total. The zero-order chi connectivity index (χ0) is 31.7. The number of rotatable bonds is 14. The van der Waals surface area contributed by atoms with Crippen LogP contribution in [0.2, 0.25) is 0 Å². The smallest absolute Gasteiger partial charge is 0.321 e. The highest BCUT2D eigenvalue weighted by atomic mass is 32.2. The van der Waals surface area contributed by atoms with Crippen LogP contribution < -0.4 is 5.32 Å². The van der Waals surface area contributed by atoms with E-state index < -0.39 is 11.2 Å². The van der Waals surface area contributed by atoms with Gasteiger partial charge < -0.3 is 19.7 Å². The van der Waals surface area contributed by atoms with Crippen molar-refractivity contribution in [3.63, 3.8) is 0 Å². The largest absolute Gasteiger partial charge is 0.612 e. The summed E-state index contributed by atoms with van der Waals surface area (Å²) in [5.41, 5.74) is 1.98. The Morgan fingerprint density at radius 3 is 2.45 bits per heavy atom. The van der Waals surface area contributed by atoms with Gasteiger partial charge in [-0.3, -0.25) is 4.79 Å². The molecule has 6 nitrogen and oxygen atoms in total. The van der Waals surface area contributed by atoms with Gasteiger partial charge in [-0.1, -0.05) is 82.5 Å². The third-order valence-corrected chi connectivity index (χ3v) is 11.3. The second kappa shape index (κ2) is 15.7. The van der Waals surface area contributed by atoms with E-state index in [1.165, 1.54) is 37.7 Å². The Morgan fingerprint density at radius 2 is 1.86 bits per heavy atom. The van der Waals surface area contributed by atoms with Gasteiger partial charge in [0.15, 0.2) is 4.91 Å². The molecule has 3 fully saturated rings. The standard InChI is InChI=1S/C37H55N3O3S/c1-6-8-9-13-19-33(44(5)43)24-30(4)38-34(41)27-39-28-37(40(35(39)42)26-31-15-14-16-31)22-20-36(21-23-37,25-29(3)7-2)32-17-11-10-12-18-32/h9-13,17-19,24,29,31H,6-8,14-16,20-23,25-28H2,1-5H3,(H,38,41)/b13-9+,30-24+,33-19+/t29?,36-,37-,44?. The van der Waals surface area contributed by atoms with E-state index in [0.29, 0.717) is 29.0 Å². The van der Waals surface area contributed by atoms with Crippen molar-refractivity contribution in [3.05, 3.63) is 70.8 Å². The molecule has 2 unspecified atom stereocenters. The summed E-state index contributed by atoms with van der Waals surface area (Å²) in [7, 11) is 0. The molecule has 3 aliphatic rings. The van der Waals surface area contributed by atoms with Crippen LogP contribution in [0.3, 0.4) is 0 Å². The minimum absolute atomic E-state index is 0.0131. The van der Waals surface area contributed by atoms with E-state index in [-0.39, 0.29) is 29.4 Å². The number of carbonyl (C=O) groups excluding carboxylic acids is 2. The number of amides is 3. The molecule has 1 aromatic carbocycles. The third kappa shape index (κ3) is 8.39. The lowest BCUT2D eigenvalue weighted by atomic mass is 9.60. The Morgan fingerprint density at radius 1 is 1.16 bits per heavy atom. The number of unbranched alkanes of at least 4 members (excludes halogenated alkanes) is 1. The van der Waals surface area contributed by atoms with Crippen molar-refractivity contribution < 1.29 is 14.1 Å². The predicted molar refractivity (Wildman–Crippen MR) is 183 cm³/mol. The van der Waals surface area contributed by atoms with Gasteiger partial charge in [-0.25, -0.2) is 4.79 Å². The molecule has 1 aliphatic heterocycles. The van der Waals surface area contributed by atoms with Crippen molar-refractivity contribution in [2.75, 3.05) is 25.9 Å². The SMILES string of the molecule is CCC/C=C/C=C(\C=C(/C)NC(=O)CN1C[C@]2(CC[C@@](CC(C)CC)(c3ccccc3)CC2)N(CC2CCC2)C1=O)[S+](C)[O-]. The number of allylic oxidation sites excluding steroid dienone is 5. The second-order valence-electron chi connectivity index (χ2n) is 13.7. The van der Waals surface area contributed by atoms with Gasteiger partial charge in [0, 0.05) is 24.9 Å². The maximum absolute atomic E-state index is 14.0. The summed E-state index contributed by atoms with van der Waals surface area (Å²) < 4.78 is 12.3. The van der Waals surface area contributed by atoms with Gasteiger partial charge in [0.2, 0.25) is 5.91 Å². The monoisotopic (exact) mass is 621 g/mol. The maximum Gasteiger partial charge on any atom is 0.321 e. The van der Waals surface area contributed by atoms with E-state index >= 15 is 0 Å². The van der Waals surface area contributed by atoms with E-state index in [1.54, 1.807) is 17.2 Å². The molecule has 1 spiro atoms. The van der Waals surface area contributed by atoms with Crippen LogP contribution in [0.1, 0.15) is 104 Å². The summed E-state index contributed by atoms with van der Waals surface area (Å²) in [5.74, 6) is 1.01. The molecule has 2 aliphatic carbocycles. The highest BCUT2D eigenvalue weighted by Crippen LogP contribution is 2.51. The molecule has 44 heavy (non-hydrogen) atoms. The number of hydrogen-bond donors (Lipinski definition) is 1. The number of benzene rings is 1. The van der Waals surface area contributed by atoms with Crippen molar-refractivity contribution in [3.8, 4) is 0 Å². The fourth-order valence-electron chi connectivity index (χ4n) is 7.38. The van der Waals surface area contributed by atoms with E-state index in [9.17, 15) is 14.1 Å². The van der Waals surface area contributed by atoms with E-state index in [4.69, 9.17) is 0 Å². The molecule has 4 rings (SSSR count). The number of nitrogens with one attached hydrogen (secondary N) is 1. The Bertz CT molecular complexity index is 1200. The minimum Gasteiger partial charge on any atom is -0.612 e. The van der Waals surface area contributed by atoms with Gasteiger partial charge in [0.1, 0.15) is 12.8 Å². The molecule has 1 heterocycles. The second-order valence-corrected chi connectivity index (χ2v) is 15.1. The van der Waals surface area contributed by atoms with Crippen LogP contribution in [0.15, 0.2) is 65.2 Å². The van der Waals surface area contributed by atoms with Crippen molar-refractivity contribution in [2.24, 2.45) is 11.8 Å². The van der Waals surface area contributed by atoms with Crippen molar-refractivity contribution in [1.82, 2.24) is 15.1 Å². The molecule has 2 saturated carbocycles. The van der Waals surface area contributed by atoms with Crippen LogP contribution in [0.4, 0.5) is 4.79 Å². The molecule has 0 bridgehead atoms. The first kappa shape index (κ1) is 34.4. The van der Waals surface area contributed by atoms with Gasteiger partial charge in [0.05, 0.1) is 5.54 Å². The van der Waals surface area contributed by atoms with Crippen molar-refractivity contribution in [1.29, 1.82) is 0 Å². The predicted octanol–water partition coefficient (Wildman–Crippen LogP) is 7.85. The lowest BCUT2D eigenvalue weighted by Crippen LogP contribution is -2.54. The number of urea groups is 1. The zero-order valence-electron chi connectivity index (χ0n) is 27.8. The Kier molecular flexibility index (Phi) is 12.2. The normalized spacial score (nSPS) is 26.4. The molecule has 2 atom stereocenters. The van der Waals surface area contributed by atoms with Crippen LogP contribution in [0, 0.1) is 11.8 Å². The summed E-state index contributed by atoms with van der Waals surface area (Å²) in [6.45, 7) is 10.0. The first-order chi connectivity index (χ1) is 21.1. The summed E-state index contributed by atoms with van der Waals surface area (Å²) in [6, 6.07) is 11.0. The summed E-state index contributed by atoms with van der Waals surface area (Å²) in [5, 5.41) is 2.96. The molecule has 0 aromatic heterocycles. The van der Waals surface area contributed by atoms with Crippen LogP contribution in [0.25, 0.3) is 0 Å². The molecule has 3 amide bonds. The molecule has 0 radical (unpaired) electrons. The van der Waals surface area contributed by atoms with Gasteiger partial charge in [-0.2, -0.15) is 0 Å². The summed E-state index contributed by atoms with van der Waals surface area (Å²) in [4.78, 5) is 31.8. The highest BCUT2D eigenvalue weighted by Gasteiger charge is 2.54. The van der Waals surface area contributed by atoms with Crippen LogP contribution in [-0.4, -0.2) is 57.7 Å². The Labute approximate surface area is 269 Å². The molecule has 1 aromatic rings. The lowest BCUT2D eigenvalue weighted by Gasteiger charge is -2.50. The van der Waals surface area contributed by atoms with E-state index in [2.05, 4.69) is 67.4 Å². The molecular formula is C37H55N3O3S. The first-order valence-electron chi connectivity index (χ1n) is 16.9. The zero-order valence-corrected chi connectivity index (χ0v) is 28.6. The average Bonchev–Trinajstić information content (AvgIpc) is 3.23. The molecule has 1 saturated heterocycles. The number of nitrogens with zero attached hydrogens (tertiary/aromatic N) is 2. The average molecular weight is 622 g/mol. The number of hydrogen-bond acceptors (Lipinski definition) is 3. The Balaban J connectivity index is 1.48. The van der Waals surface area contributed by atoms with Crippen LogP contribution >= 0.6 is 0 Å². The fraction of sp³-hybridized carbons (Fsp3) is 0.622. The minimum atomic E-state index is -1.18. The van der Waals surface area contributed by atoms with Gasteiger partial charge in [-0.05, 0) is 98.4 Å². The maximum atomic E-state index is 14.0. The molecule has 7 heteroatoms. The van der Waals surface area contributed by atoms with Crippen molar-refractivity contribution >= 4 is 23.1 Å². The topological polar surface area (TPSA) is 75.7 Å². The fourth-order valence-corrected chi connectivity index (χ4v) is 7.99. The third-order valence-electron chi connectivity index (χ3n) is 10.4. The quantitative estimate of drug-likeness (QED) is 0.170. The van der Waals surface area contributed by atoms with Gasteiger partial charge >= 0.3 is 6.03 Å². The number of carbonyl (C=O) groups is 2. The summed E-state index contributed by atoms with van der Waals surface area (Å²) in [6.07, 6.45) is 21.3. The lowest BCUT2D eigenvalue weighted by molar-refractivity contribution is -0.120. The molecule has 242 valence electrons. The first-order valence-corrected chi connectivity index (χ1v) is 18.5. The van der Waals surface area contributed by atoms with Crippen LogP contribution in [0.5, 0.6) is 0 Å². The summed E-state index contributed by atoms with van der Waals surface area (Å²) >= 11 is -1.18. The highest BCUT2D eigenvalue weighted by molar-refractivity contribution is 7.94. The van der Waals surface area contributed by atoms with Gasteiger partial charge in [-0.15, -0.1) is 0 Å². The van der Waals surface area contributed by atoms with E-state index in [0.717, 1.165) is 45.1 Å². The van der Waals surface area contributed by atoms with E-state index in [1.807, 2.05) is 19.1 Å². The molecular weight excluding hydrogens is 566 g/mol. The Hall–Kier alpha value is -2.51. The van der Waals surface area contributed by atoms with Gasteiger partial charge in [0.25, 0.3) is 0 Å².